The van der Waals surface area contributed by atoms with Crippen molar-refractivity contribution in [2.24, 2.45) is 11.8 Å². The van der Waals surface area contributed by atoms with Crippen molar-refractivity contribution in [1.82, 2.24) is 9.88 Å². The lowest BCUT2D eigenvalue weighted by molar-refractivity contribution is 0.0608. The molecule has 1 aromatic heterocycles. The Morgan fingerprint density at radius 1 is 1.21 bits per heavy atom. The molecular formula is C27H33ClN2O3S. The van der Waals surface area contributed by atoms with Crippen molar-refractivity contribution in [1.29, 1.82) is 0 Å². The molecule has 34 heavy (non-hydrogen) atoms. The van der Waals surface area contributed by atoms with Crippen molar-refractivity contribution in [3.63, 3.8) is 0 Å². The minimum atomic E-state index is -0.566. The molecule has 1 saturated heterocycles. The summed E-state index contributed by atoms with van der Waals surface area (Å²) in [6, 6.07) is 15.6. The van der Waals surface area contributed by atoms with Gasteiger partial charge in [-0.25, -0.2) is 0 Å². The monoisotopic (exact) mass is 500 g/mol. The van der Waals surface area contributed by atoms with Crippen molar-refractivity contribution in [2.75, 3.05) is 39.1 Å². The number of rotatable bonds is 10. The van der Waals surface area contributed by atoms with Gasteiger partial charge < -0.3 is 19.8 Å². The lowest BCUT2D eigenvalue weighted by Crippen LogP contribution is -2.43. The molecule has 2 aromatic carbocycles. The number of likely N-dealkylation sites (tertiary alicyclic amines) is 1. The quantitative estimate of drug-likeness (QED) is 0.362. The first-order chi connectivity index (χ1) is 16.6. The van der Waals surface area contributed by atoms with E-state index in [2.05, 4.69) is 16.0 Å². The summed E-state index contributed by atoms with van der Waals surface area (Å²) in [4.78, 5) is 8.06. The molecule has 182 valence electrons. The largest absolute Gasteiger partial charge is 0.497 e. The van der Waals surface area contributed by atoms with Crippen molar-refractivity contribution in [2.45, 2.75) is 30.3 Å². The minimum absolute atomic E-state index is 0.189. The molecule has 3 aromatic rings. The fourth-order valence-electron chi connectivity index (χ4n) is 4.89. The van der Waals surface area contributed by atoms with E-state index in [1.54, 1.807) is 13.3 Å². The number of aliphatic hydroxyl groups is 2. The van der Waals surface area contributed by atoms with Crippen molar-refractivity contribution >= 4 is 34.3 Å². The van der Waals surface area contributed by atoms with Crippen molar-refractivity contribution in [3.8, 4) is 5.75 Å². The maximum absolute atomic E-state index is 11.0. The molecule has 0 radical (unpaired) electrons. The molecule has 3 atom stereocenters. The fourth-order valence-corrected chi connectivity index (χ4v) is 6.11. The Kier molecular flexibility index (Phi) is 9.09. The van der Waals surface area contributed by atoms with E-state index in [9.17, 15) is 10.2 Å². The van der Waals surface area contributed by atoms with Crippen LogP contribution in [0.4, 0.5) is 0 Å². The van der Waals surface area contributed by atoms with Crippen LogP contribution in [-0.2, 0) is 0 Å². The topological polar surface area (TPSA) is 65.8 Å². The Morgan fingerprint density at radius 3 is 2.88 bits per heavy atom. The second-order valence-corrected chi connectivity index (χ2v) is 10.6. The van der Waals surface area contributed by atoms with E-state index < -0.39 is 6.10 Å². The number of thioether (sulfide) groups is 1. The van der Waals surface area contributed by atoms with Gasteiger partial charge >= 0.3 is 0 Å². The van der Waals surface area contributed by atoms with Gasteiger partial charge in [0.2, 0.25) is 0 Å². The number of aromatic nitrogens is 1. The number of nitrogens with zero attached hydrogens (tertiary/aromatic N) is 2. The minimum Gasteiger partial charge on any atom is -0.497 e. The predicted octanol–water partition coefficient (Wildman–Crippen LogP) is 5.43. The first-order valence-corrected chi connectivity index (χ1v) is 13.3. The Balaban J connectivity index is 1.29. The van der Waals surface area contributed by atoms with Crippen LogP contribution in [0.15, 0.2) is 59.6 Å². The number of pyridine rings is 1. The SMILES string of the molecule is COc1ccc2nccc(C(O)CC[C@@H]3CCN(CCSc4cccc(Cl)c4)C[C@@H]3CO)c2c1. The van der Waals surface area contributed by atoms with Gasteiger partial charge in [-0.1, -0.05) is 17.7 Å². The van der Waals surface area contributed by atoms with E-state index in [1.807, 2.05) is 54.2 Å². The number of aliphatic hydroxyl groups excluding tert-OH is 2. The standard InChI is InChI=1S/C27H33ClN2O3S/c1-33-22-6-7-26-25(16-22)24(9-11-29-26)27(32)8-5-19-10-12-30(17-20(19)18-31)13-14-34-23-4-2-3-21(28)15-23/h2-4,6-7,9,11,15-16,19-20,27,31-32H,5,8,10,12-14,17-18H2,1H3/t19-,20-,27?/m1/s1. The number of hydrogen-bond donors (Lipinski definition) is 2. The van der Waals surface area contributed by atoms with E-state index in [4.69, 9.17) is 16.3 Å². The van der Waals surface area contributed by atoms with Crippen LogP contribution in [0.25, 0.3) is 10.9 Å². The zero-order valence-corrected chi connectivity index (χ0v) is 21.1. The number of piperidine rings is 1. The third-order valence-corrected chi connectivity index (χ3v) is 8.04. The van der Waals surface area contributed by atoms with Crippen LogP contribution in [0, 0.1) is 11.8 Å². The Morgan fingerprint density at radius 2 is 2.09 bits per heavy atom. The fraction of sp³-hybridized carbons (Fsp3) is 0.444. The van der Waals surface area contributed by atoms with E-state index in [1.165, 1.54) is 4.90 Å². The Hall–Kier alpha value is -1.83. The van der Waals surface area contributed by atoms with Gasteiger partial charge in [0.05, 0.1) is 18.7 Å². The highest BCUT2D eigenvalue weighted by Crippen LogP contribution is 2.33. The number of fused-ring (bicyclic) bond motifs is 1. The lowest BCUT2D eigenvalue weighted by Gasteiger charge is -2.38. The van der Waals surface area contributed by atoms with Crippen molar-refractivity contribution in [3.05, 3.63) is 65.3 Å². The molecule has 0 saturated carbocycles. The molecule has 1 aliphatic rings. The summed E-state index contributed by atoms with van der Waals surface area (Å²) in [6.45, 7) is 3.12. The molecule has 5 nitrogen and oxygen atoms in total. The zero-order chi connectivity index (χ0) is 23.9. The zero-order valence-electron chi connectivity index (χ0n) is 19.6. The molecular weight excluding hydrogens is 468 g/mol. The molecule has 0 spiro atoms. The molecule has 2 N–H and O–H groups in total. The third kappa shape index (κ3) is 6.43. The average molecular weight is 501 g/mol. The summed E-state index contributed by atoms with van der Waals surface area (Å²) < 4.78 is 5.36. The molecule has 2 heterocycles. The van der Waals surface area contributed by atoms with E-state index in [-0.39, 0.29) is 12.5 Å². The molecule has 0 aliphatic carbocycles. The highest BCUT2D eigenvalue weighted by molar-refractivity contribution is 7.99. The van der Waals surface area contributed by atoms with Crippen LogP contribution in [-0.4, -0.2) is 59.2 Å². The molecule has 7 heteroatoms. The Labute approximate surface area is 211 Å². The van der Waals surface area contributed by atoms with Gasteiger partial charge in [-0.15, -0.1) is 11.8 Å². The summed E-state index contributed by atoms with van der Waals surface area (Å²) in [5.74, 6) is 2.42. The molecule has 1 unspecified atom stereocenters. The van der Waals surface area contributed by atoms with Gasteiger partial charge in [-0.2, -0.15) is 0 Å². The number of benzene rings is 2. The van der Waals surface area contributed by atoms with Gasteiger partial charge in [0.25, 0.3) is 0 Å². The smallest absolute Gasteiger partial charge is 0.119 e. The summed E-state index contributed by atoms with van der Waals surface area (Å²) in [5, 5.41) is 22.8. The number of halogens is 1. The second kappa shape index (κ2) is 12.2. The van der Waals surface area contributed by atoms with Crippen LogP contribution in [0.3, 0.4) is 0 Å². The predicted molar refractivity (Wildman–Crippen MR) is 140 cm³/mol. The maximum atomic E-state index is 11.0. The third-order valence-electron chi connectivity index (χ3n) is 6.83. The molecule has 0 amide bonds. The lowest BCUT2D eigenvalue weighted by atomic mass is 9.81. The van der Waals surface area contributed by atoms with Gasteiger partial charge in [0.1, 0.15) is 5.75 Å². The number of hydrogen-bond acceptors (Lipinski definition) is 6. The number of ether oxygens (including phenoxy) is 1. The van der Waals surface area contributed by atoms with Crippen molar-refractivity contribution < 1.29 is 14.9 Å². The summed E-state index contributed by atoms with van der Waals surface area (Å²) in [6.07, 6.45) is 3.80. The molecule has 1 fully saturated rings. The van der Waals surface area contributed by atoms with Gasteiger partial charge in [0.15, 0.2) is 0 Å². The van der Waals surface area contributed by atoms with E-state index in [0.29, 0.717) is 12.3 Å². The first kappa shape index (κ1) is 25.3. The summed E-state index contributed by atoms with van der Waals surface area (Å²) >= 11 is 7.90. The first-order valence-electron chi connectivity index (χ1n) is 11.9. The molecule has 0 bridgehead atoms. The molecule has 1 aliphatic heterocycles. The highest BCUT2D eigenvalue weighted by atomic mass is 35.5. The van der Waals surface area contributed by atoms with Crippen LogP contribution in [0.2, 0.25) is 5.02 Å². The summed E-state index contributed by atoms with van der Waals surface area (Å²) in [5.41, 5.74) is 1.74. The van der Waals surface area contributed by atoms with Gasteiger partial charge in [-0.3, -0.25) is 4.98 Å². The second-order valence-electron chi connectivity index (χ2n) is 8.97. The normalized spacial score (nSPS) is 19.9. The van der Waals surface area contributed by atoms with Crippen LogP contribution in [0.5, 0.6) is 5.75 Å². The maximum Gasteiger partial charge on any atom is 0.119 e. The molecule has 4 rings (SSSR count). The van der Waals surface area contributed by atoms with Gasteiger partial charge in [-0.05, 0) is 85.7 Å². The number of methoxy groups -OCH3 is 1. The van der Waals surface area contributed by atoms with Gasteiger partial charge in [0, 0.05) is 47.0 Å². The van der Waals surface area contributed by atoms with Crippen LogP contribution >= 0.6 is 23.4 Å². The average Bonchev–Trinajstić information content (AvgIpc) is 2.87. The van der Waals surface area contributed by atoms with Crippen LogP contribution in [0.1, 0.15) is 30.9 Å². The summed E-state index contributed by atoms with van der Waals surface area (Å²) in [7, 11) is 1.64. The van der Waals surface area contributed by atoms with E-state index >= 15 is 0 Å². The Bertz CT molecular complexity index is 1080. The van der Waals surface area contributed by atoms with E-state index in [0.717, 1.165) is 65.5 Å². The van der Waals surface area contributed by atoms with Crippen LogP contribution < -0.4 is 4.74 Å². The highest BCUT2D eigenvalue weighted by Gasteiger charge is 2.29.